The minimum Gasteiger partial charge on any atom is -0.476 e. The van der Waals surface area contributed by atoms with Gasteiger partial charge in [0.05, 0.1) is 32.0 Å². The Balaban J connectivity index is 0.000000177. The molecule has 0 atom stereocenters. The highest BCUT2D eigenvalue weighted by Crippen LogP contribution is 2.37. The molecular formula is C37H38N8O11S2. The van der Waals surface area contributed by atoms with Crippen LogP contribution in [0.5, 0.6) is 0 Å². The summed E-state index contributed by atoms with van der Waals surface area (Å²) in [6.07, 6.45) is 3.00. The van der Waals surface area contributed by atoms with Gasteiger partial charge in [-0.25, -0.2) is 40.4 Å². The van der Waals surface area contributed by atoms with Gasteiger partial charge in [0, 0.05) is 40.9 Å². The van der Waals surface area contributed by atoms with Gasteiger partial charge in [-0.1, -0.05) is 22.4 Å². The van der Waals surface area contributed by atoms with Gasteiger partial charge in [0.15, 0.2) is 23.0 Å². The van der Waals surface area contributed by atoms with Gasteiger partial charge >= 0.3 is 5.97 Å². The van der Waals surface area contributed by atoms with Crippen LogP contribution in [0, 0.1) is 13.8 Å². The Morgan fingerprint density at radius 3 is 1.43 bits per heavy atom. The zero-order valence-electron chi connectivity index (χ0n) is 31.9. The Morgan fingerprint density at radius 1 is 0.690 bits per heavy atom. The van der Waals surface area contributed by atoms with Gasteiger partial charge in [-0.15, -0.1) is 0 Å². The number of aromatic carboxylic acids is 1. The van der Waals surface area contributed by atoms with E-state index < -0.39 is 48.2 Å². The van der Waals surface area contributed by atoms with E-state index in [4.69, 9.17) is 9.05 Å². The number of ketones is 1. The average Bonchev–Trinajstić information content (AvgIpc) is 3.95. The summed E-state index contributed by atoms with van der Waals surface area (Å²) in [4.78, 5) is 49.6. The Labute approximate surface area is 330 Å². The summed E-state index contributed by atoms with van der Waals surface area (Å²) in [6, 6.07) is 11.1. The summed E-state index contributed by atoms with van der Waals surface area (Å²) in [7, 11) is -7.66. The number of rotatable bonds is 12. The molecule has 2 fully saturated rings. The normalized spacial score (nSPS) is 15.5. The van der Waals surface area contributed by atoms with E-state index in [1.54, 1.807) is 32.9 Å². The van der Waals surface area contributed by atoms with Crippen molar-refractivity contribution in [3.63, 3.8) is 0 Å². The molecule has 3 N–H and O–H groups in total. The third-order valence-corrected chi connectivity index (χ3v) is 13.0. The molecule has 0 bridgehead atoms. The number of carbonyl (C=O) groups excluding carboxylic acids is 1. The van der Waals surface area contributed by atoms with E-state index in [9.17, 15) is 41.1 Å². The standard InChI is InChI=1S/C19H20N4O5S.C18H18N4O6S/c1-11-8-13(28-21-11)10-23-18(25)16-9-14(29(26,27)22-19(3)6-7-19)4-5-15(16)17(20-23)12(2)24;1-10-7-11(28-20-10)9-22-16(23)14-8-12(29(26,27)21-18(2)5-6-18)3-4-13(14)15(19-22)17(24)25/h4-5,8-9,22H,6-7,10H2,1-3H3;3-4,7-8,21H,5-6,9H2,1-2H3,(H,24,25). The molecule has 4 heterocycles. The van der Waals surface area contributed by atoms with Crippen molar-refractivity contribution in [1.82, 2.24) is 39.3 Å². The predicted molar refractivity (Wildman–Crippen MR) is 206 cm³/mol. The highest BCUT2D eigenvalue weighted by Gasteiger charge is 2.42. The van der Waals surface area contributed by atoms with Crippen LogP contribution in [0.1, 0.15) is 90.3 Å². The molecule has 0 aliphatic heterocycles. The maximum Gasteiger partial charge on any atom is 0.357 e. The number of benzene rings is 2. The minimum absolute atomic E-state index is 0.0246. The first kappa shape index (κ1) is 40.3. The SMILES string of the molecule is CC(=O)c1nn(Cc2cc(C)no2)c(=O)c2cc(S(=O)(=O)NC3(C)CC3)ccc12.Cc1cc(Cn2nc(C(=O)O)c3ccc(S(=O)(=O)NC4(C)CC4)cc3c2=O)on1. The van der Waals surface area contributed by atoms with Gasteiger partial charge in [0.25, 0.3) is 11.1 Å². The number of carboxylic acid groups (broad SMARTS) is 1. The highest BCUT2D eigenvalue weighted by molar-refractivity contribution is 7.89. The van der Waals surface area contributed by atoms with Crippen LogP contribution in [0.3, 0.4) is 0 Å². The van der Waals surface area contributed by atoms with Crippen molar-refractivity contribution in [3.8, 4) is 0 Å². The number of carbonyl (C=O) groups is 2. The number of aryl methyl sites for hydroxylation is 2. The van der Waals surface area contributed by atoms with Gasteiger partial charge in [0.2, 0.25) is 20.0 Å². The lowest BCUT2D eigenvalue weighted by Gasteiger charge is -2.13. The summed E-state index contributed by atoms with van der Waals surface area (Å²) in [6.45, 7) is 8.26. The molecular weight excluding hydrogens is 797 g/mol. The Bertz CT molecular complexity index is 2810. The average molecular weight is 835 g/mol. The molecule has 304 valence electrons. The maximum absolute atomic E-state index is 13.0. The Hall–Kier alpha value is -5.90. The molecule has 0 radical (unpaired) electrons. The number of carboxylic acids is 1. The molecule has 0 amide bonds. The smallest absolute Gasteiger partial charge is 0.357 e. The minimum atomic E-state index is -3.86. The summed E-state index contributed by atoms with van der Waals surface area (Å²) < 4.78 is 68.3. The number of hydrogen-bond donors (Lipinski definition) is 3. The van der Waals surface area contributed by atoms with E-state index in [0.29, 0.717) is 28.3 Å². The zero-order chi connectivity index (χ0) is 41.9. The Morgan fingerprint density at radius 2 is 1.09 bits per heavy atom. The van der Waals surface area contributed by atoms with Crippen molar-refractivity contribution < 1.29 is 40.6 Å². The molecule has 4 aromatic heterocycles. The predicted octanol–water partition coefficient (Wildman–Crippen LogP) is 3.04. The third-order valence-electron chi connectivity index (χ3n) is 9.75. The topological polar surface area (TPSA) is 269 Å². The van der Waals surface area contributed by atoms with E-state index >= 15 is 0 Å². The molecule has 0 saturated heterocycles. The first-order valence-corrected chi connectivity index (χ1v) is 20.9. The Kier molecular flexibility index (Phi) is 10.1. The fourth-order valence-corrected chi connectivity index (χ4v) is 9.10. The molecule has 58 heavy (non-hydrogen) atoms. The second-order valence-electron chi connectivity index (χ2n) is 15.1. The number of hydrogen-bond acceptors (Lipinski definition) is 14. The molecule has 21 heteroatoms. The van der Waals surface area contributed by atoms with Gasteiger partial charge in [-0.2, -0.15) is 10.2 Å². The molecule has 0 unspecified atom stereocenters. The van der Waals surface area contributed by atoms with Crippen molar-refractivity contribution in [2.75, 3.05) is 0 Å². The fourth-order valence-electron chi connectivity index (χ4n) is 6.12. The summed E-state index contributed by atoms with van der Waals surface area (Å²) in [5.41, 5.74) is -1.11. The first-order valence-electron chi connectivity index (χ1n) is 17.9. The largest absolute Gasteiger partial charge is 0.476 e. The van der Waals surface area contributed by atoms with E-state index in [0.717, 1.165) is 35.0 Å². The van der Waals surface area contributed by atoms with Crippen LogP contribution >= 0.6 is 0 Å². The van der Waals surface area contributed by atoms with Crippen molar-refractivity contribution >= 4 is 53.3 Å². The molecule has 6 aromatic rings. The lowest BCUT2D eigenvalue weighted by molar-refractivity contribution is 0.0689. The van der Waals surface area contributed by atoms with E-state index in [-0.39, 0.29) is 56.2 Å². The number of aromatic nitrogens is 6. The summed E-state index contributed by atoms with van der Waals surface area (Å²) >= 11 is 0. The van der Waals surface area contributed by atoms with E-state index in [1.165, 1.54) is 43.3 Å². The fraction of sp³-hybridized carbons (Fsp3) is 0.351. The third kappa shape index (κ3) is 8.37. The van der Waals surface area contributed by atoms with Crippen LogP contribution < -0.4 is 20.6 Å². The maximum atomic E-state index is 13.0. The second kappa shape index (κ2) is 14.5. The van der Waals surface area contributed by atoms with Gasteiger partial charge in [-0.3, -0.25) is 14.4 Å². The van der Waals surface area contributed by atoms with Crippen molar-refractivity contribution in [2.24, 2.45) is 0 Å². The van der Waals surface area contributed by atoms with E-state index in [1.807, 2.05) is 6.92 Å². The number of fused-ring (bicyclic) bond motifs is 2. The molecule has 19 nitrogen and oxygen atoms in total. The van der Waals surface area contributed by atoms with Gasteiger partial charge in [0.1, 0.15) is 18.8 Å². The number of sulfonamides is 2. The van der Waals surface area contributed by atoms with Crippen LogP contribution in [0.15, 0.2) is 77.0 Å². The first-order chi connectivity index (χ1) is 27.2. The zero-order valence-corrected chi connectivity index (χ0v) is 33.5. The molecule has 2 aliphatic carbocycles. The second-order valence-corrected chi connectivity index (χ2v) is 18.5. The molecule has 2 saturated carbocycles. The van der Waals surface area contributed by atoms with Gasteiger partial charge in [-0.05, 0) is 77.6 Å². The summed E-state index contributed by atoms with van der Waals surface area (Å²) in [5.74, 6) is -0.952. The van der Waals surface area contributed by atoms with Crippen LogP contribution in [-0.4, -0.2) is 74.6 Å². The summed E-state index contributed by atoms with van der Waals surface area (Å²) in [5, 5.41) is 25.5. The number of nitrogens with one attached hydrogen (secondary N) is 2. The van der Waals surface area contributed by atoms with Crippen molar-refractivity contribution in [1.29, 1.82) is 0 Å². The van der Waals surface area contributed by atoms with Crippen LogP contribution in [0.2, 0.25) is 0 Å². The van der Waals surface area contributed by atoms with Crippen molar-refractivity contribution in [3.05, 3.63) is 104 Å². The quantitative estimate of drug-likeness (QED) is 0.150. The monoisotopic (exact) mass is 834 g/mol. The van der Waals surface area contributed by atoms with E-state index in [2.05, 4.69) is 30.0 Å². The van der Waals surface area contributed by atoms with Crippen LogP contribution in [0.4, 0.5) is 0 Å². The molecule has 2 aromatic carbocycles. The molecule has 2 aliphatic rings. The lowest BCUT2D eigenvalue weighted by Crippen LogP contribution is -2.34. The molecule has 8 rings (SSSR count). The van der Waals surface area contributed by atoms with Crippen LogP contribution in [0.25, 0.3) is 21.5 Å². The van der Waals surface area contributed by atoms with Crippen molar-refractivity contribution in [2.45, 2.75) is 94.3 Å². The number of Topliss-reactive ketones (excluding diaryl/α,β-unsaturated/α-hetero) is 1. The van der Waals surface area contributed by atoms with Crippen LogP contribution in [-0.2, 0) is 33.1 Å². The highest BCUT2D eigenvalue weighted by atomic mass is 32.2. The van der Waals surface area contributed by atoms with Gasteiger partial charge < -0.3 is 14.2 Å². The number of nitrogens with zero attached hydrogens (tertiary/aromatic N) is 6. The lowest BCUT2D eigenvalue weighted by atomic mass is 10.1. The molecule has 0 spiro atoms.